The lowest BCUT2D eigenvalue weighted by molar-refractivity contribution is 0.590. The van der Waals surface area contributed by atoms with Gasteiger partial charge in [-0.25, -0.2) is 0 Å². The maximum absolute atomic E-state index is 12.7. The second kappa shape index (κ2) is 6.43. The molecule has 0 atom stereocenters. The first kappa shape index (κ1) is 17.6. The van der Waals surface area contributed by atoms with Crippen molar-refractivity contribution >= 4 is 22.4 Å². The van der Waals surface area contributed by atoms with Gasteiger partial charge in [-0.1, -0.05) is 80.6 Å². The van der Waals surface area contributed by atoms with Crippen LogP contribution in [0.5, 0.6) is 0 Å². The first-order valence-electron chi connectivity index (χ1n) is 8.91. The Labute approximate surface area is 161 Å². The smallest absolute Gasteiger partial charge is 0.266 e. The van der Waals surface area contributed by atoms with E-state index in [1.54, 1.807) is 0 Å². The Hall–Kier alpha value is -2.79. The molecule has 0 aliphatic rings. The van der Waals surface area contributed by atoms with Gasteiger partial charge in [0.1, 0.15) is 0 Å². The van der Waals surface area contributed by atoms with Crippen molar-refractivity contribution in [2.75, 3.05) is 0 Å². The van der Waals surface area contributed by atoms with Crippen molar-refractivity contribution in [2.45, 2.75) is 33.1 Å². The largest absolute Gasteiger partial charge is 0.291 e. The molecule has 0 spiro atoms. The van der Waals surface area contributed by atoms with E-state index in [9.17, 15) is 4.79 Å². The number of aromatic nitrogens is 3. The fourth-order valence-corrected chi connectivity index (χ4v) is 3.91. The fraction of sp³-hybridized carbons (Fsp3) is 0.227. The maximum Gasteiger partial charge on any atom is 0.291 e. The first-order chi connectivity index (χ1) is 12.8. The summed E-state index contributed by atoms with van der Waals surface area (Å²) in [5.74, 6) is 0.595. The van der Waals surface area contributed by atoms with Crippen molar-refractivity contribution in [3.05, 3.63) is 80.1 Å². The number of benzene rings is 2. The zero-order chi connectivity index (χ0) is 19.2. The molecule has 0 saturated carbocycles. The number of aryl methyl sites for hydroxylation is 1. The molecule has 2 aromatic heterocycles. The molecule has 0 aliphatic heterocycles. The van der Waals surface area contributed by atoms with E-state index in [1.165, 1.54) is 21.4 Å². The van der Waals surface area contributed by atoms with Gasteiger partial charge in [0.25, 0.3) is 5.56 Å². The lowest BCUT2D eigenvalue weighted by Gasteiger charge is -2.18. The number of thiazole rings is 1. The van der Waals surface area contributed by atoms with Crippen LogP contribution >= 0.6 is 11.3 Å². The lowest BCUT2D eigenvalue weighted by atomic mass is 9.87. The molecule has 0 aliphatic carbocycles. The molecule has 0 radical (unpaired) electrons. The van der Waals surface area contributed by atoms with E-state index in [1.807, 2.05) is 37.3 Å². The van der Waals surface area contributed by atoms with Gasteiger partial charge in [-0.3, -0.25) is 4.79 Å². The lowest BCUT2D eigenvalue weighted by Crippen LogP contribution is -2.23. The van der Waals surface area contributed by atoms with Crippen LogP contribution in [0.1, 0.15) is 37.5 Å². The van der Waals surface area contributed by atoms with Crippen LogP contribution in [0.25, 0.3) is 22.4 Å². The van der Waals surface area contributed by atoms with Crippen LogP contribution in [-0.2, 0) is 5.41 Å². The van der Waals surface area contributed by atoms with Gasteiger partial charge in [0.2, 0.25) is 4.96 Å². The molecule has 0 saturated heterocycles. The van der Waals surface area contributed by atoms with Crippen molar-refractivity contribution in [1.82, 2.24) is 14.6 Å². The quantitative estimate of drug-likeness (QED) is 0.533. The molecule has 0 amide bonds. The Balaban J connectivity index is 1.75. The second-order valence-corrected chi connectivity index (χ2v) is 8.74. The van der Waals surface area contributed by atoms with E-state index < -0.39 is 0 Å². The highest BCUT2D eigenvalue weighted by molar-refractivity contribution is 7.15. The number of fused-ring (bicyclic) bond motifs is 1. The average Bonchev–Trinajstić information content (AvgIpc) is 3.15. The van der Waals surface area contributed by atoms with Crippen LogP contribution in [0.3, 0.4) is 0 Å². The molecule has 5 heteroatoms. The van der Waals surface area contributed by atoms with Gasteiger partial charge < -0.3 is 0 Å². The van der Waals surface area contributed by atoms with E-state index in [2.05, 4.69) is 55.1 Å². The van der Waals surface area contributed by atoms with Gasteiger partial charge >= 0.3 is 0 Å². The van der Waals surface area contributed by atoms with Crippen LogP contribution in [0.15, 0.2) is 53.3 Å². The molecule has 4 rings (SSSR count). The predicted molar refractivity (Wildman–Crippen MR) is 111 cm³/mol. The molecule has 0 unspecified atom stereocenters. The zero-order valence-corrected chi connectivity index (χ0v) is 16.7. The summed E-state index contributed by atoms with van der Waals surface area (Å²) in [6.07, 6.45) is 1.91. The highest BCUT2D eigenvalue weighted by Crippen LogP contribution is 2.22. The van der Waals surface area contributed by atoms with Gasteiger partial charge in [-0.05, 0) is 35.1 Å². The van der Waals surface area contributed by atoms with Crippen molar-refractivity contribution in [1.29, 1.82) is 0 Å². The third-order valence-electron chi connectivity index (χ3n) is 4.64. The van der Waals surface area contributed by atoms with Gasteiger partial charge in [0, 0.05) is 5.56 Å². The molecule has 2 heterocycles. The van der Waals surface area contributed by atoms with Crippen molar-refractivity contribution < 1.29 is 0 Å². The minimum atomic E-state index is -0.123. The van der Waals surface area contributed by atoms with Gasteiger partial charge in [0.15, 0.2) is 5.82 Å². The van der Waals surface area contributed by atoms with Crippen LogP contribution in [0.4, 0.5) is 0 Å². The predicted octanol–water partition coefficient (Wildman–Crippen LogP) is 3.97. The number of nitrogens with zero attached hydrogens (tertiary/aromatic N) is 3. The van der Waals surface area contributed by atoms with E-state index in [4.69, 9.17) is 0 Å². The van der Waals surface area contributed by atoms with E-state index in [0.717, 1.165) is 16.7 Å². The van der Waals surface area contributed by atoms with Crippen LogP contribution in [0, 0.1) is 6.92 Å². The summed E-state index contributed by atoms with van der Waals surface area (Å²) < 4.78 is 2.05. The number of hydrogen-bond donors (Lipinski definition) is 0. The summed E-state index contributed by atoms with van der Waals surface area (Å²) in [5, 5.41) is 4.44. The zero-order valence-electron chi connectivity index (χ0n) is 15.9. The summed E-state index contributed by atoms with van der Waals surface area (Å²) in [5.41, 5.74) is 4.31. The molecule has 27 heavy (non-hydrogen) atoms. The molecule has 0 N–H and O–H groups in total. The molecular formula is C22H21N3OS. The molecule has 4 aromatic rings. The molecule has 2 aromatic carbocycles. The summed E-state index contributed by atoms with van der Waals surface area (Å²) >= 11 is 1.37. The summed E-state index contributed by atoms with van der Waals surface area (Å²) in [4.78, 5) is 17.9. The van der Waals surface area contributed by atoms with E-state index >= 15 is 0 Å². The third-order valence-corrected chi connectivity index (χ3v) is 5.60. The average molecular weight is 375 g/mol. The van der Waals surface area contributed by atoms with Crippen molar-refractivity contribution in [3.8, 4) is 11.4 Å². The van der Waals surface area contributed by atoms with Crippen molar-refractivity contribution in [2.24, 2.45) is 0 Å². The van der Waals surface area contributed by atoms with E-state index in [0.29, 0.717) is 15.3 Å². The molecule has 4 nitrogen and oxygen atoms in total. The SMILES string of the molecule is Cc1ccccc1-c1nc2s/c(=C/c3ccc(C(C)(C)C)cc3)c(=O)n2n1. The van der Waals surface area contributed by atoms with E-state index in [-0.39, 0.29) is 11.0 Å². The standard InChI is InChI=1S/C22H21N3OS/c1-14-7-5-6-8-17(14)19-23-21-25(24-19)20(26)18(27-21)13-15-9-11-16(12-10-15)22(2,3)4/h5-13H,1-4H3/b18-13+. The Bertz CT molecular complexity index is 1230. The molecule has 0 bridgehead atoms. The number of rotatable bonds is 2. The highest BCUT2D eigenvalue weighted by atomic mass is 32.1. The minimum absolute atomic E-state index is 0.113. The van der Waals surface area contributed by atoms with Gasteiger partial charge in [-0.15, -0.1) is 5.10 Å². The Morgan fingerprint density at radius 3 is 2.37 bits per heavy atom. The normalized spacial score (nSPS) is 12.8. The maximum atomic E-state index is 12.7. The second-order valence-electron chi connectivity index (χ2n) is 7.73. The van der Waals surface area contributed by atoms with Crippen molar-refractivity contribution in [3.63, 3.8) is 0 Å². The molecular weight excluding hydrogens is 354 g/mol. The summed E-state index contributed by atoms with van der Waals surface area (Å²) in [7, 11) is 0. The summed E-state index contributed by atoms with van der Waals surface area (Å²) in [6, 6.07) is 16.3. The van der Waals surface area contributed by atoms with Crippen LogP contribution in [0.2, 0.25) is 0 Å². The van der Waals surface area contributed by atoms with Crippen LogP contribution < -0.4 is 10.1 Å². The third kappa shape index (κ3) is 3.30. The van der Waals surface area contributed by atoms with Crippen LogP contribution in [-0.4, -0.2) is 14.6 Å². The molecule has 0 fully saturated rings. The van der Waals surface area contributed by atoms with Gasteiger partial charge in [-0.2, -0.15) is 9.50 Å². The fourth-order valence-electron chi connectivity index (χ4n) is 3.00. The monoisotopic (exact) mass is 375 g/mol. The Morgan fingerprint density at radius 1 is 1.04 bits per heavy atom. The Morgan fingerprint density at radius 2 is 1.74 bits per heavy atom. The minimum Gasteiger partial charge on any atom is -0.266 e. The topological polar surface area (TPSA) is 47.3 Å². The summed E-state index contributed by atoms with van der Waals surface area (Å²) in [6.45, 7) is 8.58. The number of hydrogen-bond acceptors (Lipinski definition) is 4. The first-order valence-corrected chi connectivity index (χ1v) is 9.72. The molecule has 136 valence electrons. The van der Waals surface area contributed by atoms with Gasteiger partial charge in [0.05, 0.1) is 4.53 Å². The Kier molecular flexibility index (Phi) is 4.19. The highest BCUT2D eigenvalue weighted by Gasteiger charge is 2.14.